The molecular weight excluding hydrogens is 236 g/mol. The van der Waals surface area contributed by atoms with Crippen molar-refractivity contribution in [2.45, 2.75) is 32.5 Å². The molecule has 1 heterocycles. The number of methoxy groups -OCH3 is 1. The Hall–Kier alpha value is -1.14. The highest BCUT2D eigenvalue weighted by molar-refractivity contribution is 7.80. The number of nitrogens with one attached hydrogen (secondary N) is 2. The molecule has 0 fully saturated rings. The van der Waals surface area contributed by atoms with Crippen LogP contribution < -0.4 is 10.6 Å². The van der Waals surface area contributed by atoms with Crippen LogP contribution in [0.4, 0.5) is 0 Å². The number of nitrogens with zero attached hydrogens (tertiary/aromatic N) is 2. The number of ether oxygens (including phenoxy) is 1. The van der Waals surface area contributed by atoms with E-state index in [1.807, 2.05) is 23.9 Å². The van der Waals surface area contributed by atoms with E-state index in [0.29, 0.717) is 11.7 Å². The maximum absolute atomic E-state index is 5.21. The third-order valence-corrected chi connectivity index (χ3v) is 2.43. The minimum absolute atomic E-state index is 0.205. The van der Waals surface area contributed by atoms with E-state index in [2.05, 4.69) is 22.7 Å². The molecule has 1 aromatic heterocycles. The number of rotatable bonds is 6. The van der Waals surface area contributed by atoms with Crippen LogP contribution in [0.5, 0.6) is 0 Å². The normalized spacial score (nSPS) is 14.1. The Labute approximate surface area is 108 Å². The number of thiocarbonyl (C=S) groups is 1. The van der Waals surface area contributed by atoms with Crippen molar-refractivity contribution in [1.29, 1.82) is 0 Å². The second-order valence-electron chi connectivity index (χ2n) is 4.10. The van der Waals surface area contributed by atoms with Crippen molar-refractivity contribution < 1.29 is 4.74 Å². The zero-order valence-electron chi connectivity index (χ0n) is 10.5. The first-order chi connectivity index (χ1) is 8.11. The molecule has 2 unspecified atom stereocenters. The number of hydrogen-bond donors (Lipinski definition) is 2. The molecule has 0 radical (unpaired) electrons. The third-order valence-electron chi connectivity index (χ3n) is 2.19. The highest BCUT2D eigenvalue weighted by atomic mass is 32.1. The van der Waals surface area contributed by atoms with Crippen LogP contribution in [0.25, 0.3) is 0 Å². The fourth-order valence-electron chi connectivity index (χ4n) is 1.52. The Morgan fingerprint density at radius 3 is 2.71 bits per heavy atom. The average Bonchev–Trinajstić information content (AvgIpc) is 2.69. The SMILES string of the molecule is COCC(C)NC(=S)NC(C)Cn1cccn1. The molecule has 1 aromatic rings. The van der Waals surface area contributed by atoms with Crippen molar-refractivity contribution in [2.24, 2.45) is 0 Å². The average molecular weight is 256 g/mol. The second-order valence-corrected chi connectivity index (χ2v) is 4.51. The summed E-state index contributed by atoms with van der Waals surface area (Å²) in [6.07, 6.45) is 3.70. The van der Waals surface area contributed by atoms with Crippen LogP contribution in [-0.4, -0.2) is 40.7 Å². The van der Waals surface area contributed by atoms with Gasteiger partial charge in [0.2, 0.25) is 0 Å². The lowest BCUT2D eigenvalue weighted by molar-refractivity contribution is 0.179. The van der Waals surface area contributed by atoms with Gasteiger partial charge in [-0.15, -0.1) is 0 Å². The summed E-state index contributed by atoms with van der Waals surface area (Å²) in [5.74, 6) is 0. The topological polar surface area (TPSA) is 51.1 Å². The summed E-state index contributed by atoms with van der Waals surface area (Å²) in [6.45, 7) is 5.51. The van der Waals surface area contributed by atoms with E-state index in [1.54, 1.807) is 13.3 Å². The van der Waals surface area contributed by atoms with Gasteiger partial charge in [-0.05, 0) is 32.1 Å². The summed E-state index contributed by atoms with van der Waals surface area (Å²) >= 11 is 5.21. The summed E-state index contributed by atoms with van der Waals surface area (Å²) in [4.78, 5) is 0. The van der Waals surface area contributed by atoms with Gasteiger partial charge >= 0.3 is 0 Å². The molecule has 0 saturated heterocycles. The van der Waals surface area contributed by atoms with Crippen molar-refractivity contribution in [2.75, 3.05) is 13.7 Å². The van der Waals surface area contributed by atoms with E-state index in [-0.39, 0.29) is 12.1 Å². The van der Waals surface area contributed by atoms with Gasteiger partial charge in [0.05, 0.1) is 13.2 Å². The van der Waals surface area contributed by atoms with Gasteiger partial charge in [-0.1, -0.05) is 0 Å². The van der Waals surface area contributed by atoms with Crippen LogP contribution in [0, 0.1) is 0 Å². The molecular formula is C11H20N4OS. The van der Waals surface area contributed by atoms with E-state index in [0.717, 1.165) is 6.54 Å². The summed E-state index contributed by atoms with van der Waals surface area (Å²) < 4.78 is 6.90. The van der Waals surface area contributed by atoms with E-state index >= 15 is 0 Å². The maximum Gasteiger partial charge on any atom is 0.166 e. The molecule has 5 nitrogen and oxygen atoms in total. The van der Waals surface area contributed by atoms with Gasteiger partial charge < -0.3 is 15.4 Å². The molecule has 2 N–H and O–H groups in total. The lowest BCUT2D eigenvalue weighted by Crippen LogP contribution is -2.46. The van der Waals surface area contributed by atoms with E-state index < -0.39 is 0 Å². The highest BCUT2D eigenvalue weighted by Gasteiger charge is 2.07. The minimum atomic E-state index is 0.205. The quantitative estimate of drug-likeness (QED) is 0.736. The van der Waals surface area contributed by atoms with Gasteiger partial charge in [-0.2, -0.15) is 5.10 Å². The van der Waals surface area contributed by atoms with Gasteiger partial charge in [0.15, 0.2) is 5.11 Å². The molecule has 6 heteroatoms. The summed E-state index contributed by atoms with van der Waals surface area (Å²) in [5, 5.41) is 11.2. The molecule has 0 aromatic carbocycles. The van der Waals surface area contributed by atoms with Crippen LogP contribution in [0.15, 0.2) is 18.5 Å². The predicted molar refractivity (Wildman–Crippen MR) is 71.9 cm³/mol. The van der Waals surface area contributed by atoms with Crippen molar-refractivity contribution >= 4 is 17.3 Å². The van der Waals surface area contributed by atoms with E-state index in [4.69, 9.17) is 17.0 Å². The minimum Gasteiger partial charge on any atom is -0.383 e. The monoisotopic (exact) mass is 256 g/mol. The largest absolute Gasteiger partial charge is 0.383 e. The van der Waals surface area contributed by atoms with Crippen LogP contribution in [-0.2, 0) is 11.3 Å². The fourth-order valence-corrected chi connectivity index (χ4v) is 1.92. The van der Waals surface area contributed by atoms with Crippen molar-refractivity contribution in [3.8, 4) is 0 Å². The predicted octanol–water partition coefficient (Wildman–Crippen LogP) is 0.771. The Balaban J connectivity index is 2.26. The number of aromatic nitrogens is 2. The van der Waals surface area contributed by atoms with Crippen LogP contribution in [0.2, 0.25) is 0 Å². The summed E-state index contributed by atoms with van der Waals surface area (Å²) in [6, 6.07) is 2.34. The Morgan fingerprint density at radius 1 is 1.41 bits per heavy atom. The van der Waals surface area contributed by atoms with E-state index in [1.165, 1.54) is 0 Å². The van der Waals surface area contributed by atoms with Crippen molar-refractivity contribution in [3.05, 3.63) is 18.5 Å². The molecule has 0 aliphatic rings. The lowest BCUT2D eigenvalue weighted by atomic mass is 10.3. The first-order valence-electron chi connectivity index (χ1n) is 5.65. The second kappa shape index (κ2) is 7.24. The third kappa shape index (κ3) is 5.65. The van der Waals surface area contributed by atoms with E-state index in [9.17, 15) is 0 Å². The molecule has 0 bridgehead atoms. The molecule has 0 saturated carbocycles. The molecule has 0 spiro atoms. The molecule has 0 amide bonds. The molecule has 17 heavy (non-hydrogen) atoms. The first-order valence-corrected chi connectivity index (χ1v) is 6.06. The molecule has 96 valence electrons. The van der Waals surface area contributed by atoms with Crippen LogP contribution >= 0.6 is 12.2 Å². The molecule has 0 aliphatic heterocycles. The Morgan fingerprint density at radius 2 is 2.12 bits per heavy atom. The Kier molecular flexibility index (Phi) is 5.93. The van der Waals surface area contributed by atoms with Crippen LogP contribution in [0.1, 0.15) is 13.8 Å². The van der Waals surface area contributed by atoms with Gasteiger partial charge in [0.1, 0.15) is 0 Å². The van der Waals surface area contributed by atoms with Crippen molar-refractivity contribution in [3.63, 3.8) is 0 Å². The molecule has 0 aliphatic carbocycles. The molecule has 1 rings (SSSR count). The summed E-state index contributed by atoms with van der Waals surface area (Å²) in [5.41, 5.74) is 0. The maximum atomic E-state index is 5.21. The van der Waals surface area contributed by atoms with Gasteiger partial charge in [0, 0.05) is 31.6 Å². The van der Waals surface area contributed by atoms with Crippen molar-refractivity contribution in [1.82, 2.24) is 20.4 Å². The zero-order valence-corrected chi connectivity index (χ0v) is 11.3. The smallest absolute Gasteiger partial charge is 0.166 e. The highest BCUT2D eigenvalue weighted by Crippen LogP contribution is 1.91. The fraction of sp³-hybridized carbons (Fsp3) is 0.636. The molecule has 2 atom stereocenters. The number of hydrogen-bond acceptors (Lipinski definition) is 3. The van der Waals surface area contributed by atoms with Crippen LogP contribution in [0.3, 0.4) is 0 Å². The zero-order chi connectivity index (χ0) is 12.7. The first kappa shape index (κ1) is 13.9. The standard InChI is InChI=1S/C11H20N4OS/c1-9(7-15-6-4-5-12-15)13-11(17)14-10(2)8-16-3/h4-6,9-10H,7-8H2,1-3H3,(H2,13,14,17). The van der Waals surface area contributed by atoms with Gasteiger partial charge in [0.25, 0.3) is 0 Å². The van der Waals surface area contributed by atoms with Gasteiger partial charge in [-0.3, -0.25) is 4.68 Å². The van der Waals surface area contributed by atoms with Gasteiger partial charge in [-0.25, -0.2) is 0 Å². The Bertz CT molecular complexity index is 328. The lowest BCUT2D eigenvalue weighted by Gasteiger charge is -2.20. The summed E-state index contributed by atoms with van der Waals surface area (Å²) in [7, 11) is 1.68.